The van der Waals surface area contributed by atoms with Crippen molar-refractivity contribution >= 4 is 28.7 Å². The number of nitrogens with zero attached hydrogens (tertiary/aromatic N) is 4. The lowest BCUT2D eigenvalue weighted by molar-refractivity contribution is 0.1000. The monoisotopic (exact) mass is 427 g/mol. The van der Waals surface area contributed by atoms with Crippen molar-refractivity contribution in [2.45, 2.75) is 37.8 Å². The van der Waals surface area contributed by atoms with Crippen LogP contribution in [0.1, 0.15) is 36.0 Å². The number of hydrogen-bond acceptors (Lipinski definition) is 8. The number of anilines is 2. The summed E-state index contributed by atoms with van der Waals surface area (Å²) in [6.45, 7) is 0. The van der Waals surface area contributed by atoms with Crippen molar-refractivity contribution < 1.29 is 9.18 Å². The molecule has 1 aliphatic carbocycles. The van der Waals surface area contributed by atoms with Gasteiger partial charge in [-0.25, -0.2) is 14.8 Å². The molecule has 1 amide bonds. The molecule has 1 fully saturated rings. The van der Waals surface area contributed by atoms with Crippen LogP contribution in [0.15, 0.2) is 42.4 Å². The molecule has 3 aromatic rings. The highest BCUT2D eigenvalue weighted by Gasteiger charge is 2.27. The molecule has 0 saturated heterocycles. The smallest absolute Gasteiger partial charge is 0.250 e. The summed E-state index contributed by atoms with van der Waals surface area (Å²) in [5.41, 5.74) is 17.4. The van der Waals surface area contributed by atoms with Gasteiger partial charge in [-0.1, -0.05) is 12.8 Å². The highest BCUT2D eigenvalue weighted by molar-refractivity contribution is 7.13. The number of primary amides is 1. The van der Waals surface area contributed by atoms with E-state index in [1.165, 1.54) is 29.9 Å². The fourth-order valence-electron chi connectivity index (χ4n) is 3.52. The summed E-state index contributed by atoms with van der Waals surface area (Å²) in [5, 5.41) is 1.55. The molecule has 0 radical (unpaired) electrons. The molecule has 0 aromatic carbocycles. The Balaban J connectivity index is 1.75. The molecule has 8 nitrogen and oxygen atoms in total. The number of halogens is 1. The Labute approximate surface area is 177 Å². The average molecular weight is 428 g/mol. The normalized spacial score (nSPS) is 18.9. The van der Waals surface area contributed by atoms with Crippen LogP contribution in [0, 0.1) is 5.82 Å². The summed E-state index contributed by atoms with van der Waals surface area (Å²) in [5.74, 6) is -0.630. The second kappa shape index (κ2) is 8.82. The fraction of sp³-hybridized carbons (Fsp3) is 0.300. The number of nitrogens with one attached hydrogen (secondary N) is 1. The minimum absolute atomic E-state index is 0.0529. The molecule has 2 unspecified atom stereocenters. The molecular weight excluding hydrogens is 405 g/mol. The summed E-state index contributed by atoms with van der Waals surface area (Å²) >= 11 is 1.33. The Hall–Kier alpha value is -2.95. The number of rotatable bonds is 6. The van der Waals surface area contributed by atoms with Crippen LogP contribution in [0.25, 0.3) is 10.4 Å². The van der Waals surface area contributed by atoms with Gasteiger partial charge in [0.1, 0.15) is 11.5 Å². The number of carbonyl (C=O) groups excluding carboxylic acids is 1. The number of nitrogens with two attached hydrogens (primary N) is 2. The molecule has 0 spiro atoms. The molecule has 2 atom stereocenters. The van der Waals surface area contributed by atoms with E-state index in [0.717, 1.165) is 25.7 Å². The molecule has 30 heavy (non-hydrogen) atoms. The highest BCUT2D eigenvalue weighted by atomic mass is 32.1. The second-order valence-corrected chi connectivity index (χ2v) is 8.06. The van der Waals surface area contributed by atoms with E-state index in [9.17, 15) is 4.79 Å². The van der Waals surface area contributed by atoms with Crippen LogP contribution in [-0.4, -0.2) is 32.9 Å². The van der Waals surface area contributed by atoms with Gasteiger partial charge in [-0.2, -0.15) is 0 Å². The fourth-order valence-corrected chi connectivity index (χ4v) is 4.15. The average Bonchev–Trinajstić information content (AvgIpc) is 3.28. The van der Waals surface area contributed by atoms with Crippen molar-refractivity contribution in [2.75, 3.05) is 5.01 Å². The first-order chi connectivity index (χ1) is 14.5. The second-order valence-electron chi connectivity index (χ2n) is 7.17. The first-order valence-electron chi connectivity index (χ1n) is 9.64. The number of amides is 1. The Kier molecular flexibility index (Phi) is 5.98. The van der Waals surface area contributed by atoms with Gasteiger partial charge >= 0.3 is 0 Å². The Morgan fingerprint density at radius 2 is 2.00 bits per heavy atom. The summed E-state index contributed by atoms with van der Waals surface area (Å²) in [6.07, 6.45) is 9.73. The highest BCUT2D eigenvalue weighted by Crippen LogP contribution is 2.33. The topological polar surface area (TPSA) is 123 Å². The number of hydrazine groups is 1. The van der Waals surface area contributed by atoms with Gasteiger partial charge in [-0.15, -0.1) is 11.3 Å². The van der Waals surface area contributed by atoms with Gasteiger partial charge in [0, 0.05) is 36.2 Å². The van der Waals surface area contributed by atoms with Gasteiger partial charge in [0.25, 0.3) is 0 Å². The minimum atomic E-state index is -0.581. The van der Waals surface area contributed by atoms with Crippen molar-refractivity contribution in [3.8, 4) is 10.4 Å². The van der Waals surface area contributed by atoms with Gasteiger partial charge in [0.15, 0.2) is 5.82 Å². The Bertz CT molecular complexity index is 1010. The van der Waals surface area contributed by atoms with Crippen molar-refractivity contribution in [1.82, 2.24) is 20.4 Å². The van der Waals surface area contributed by atoms with Crippen molar-refractivity contribution in [3.63, 3.8) is 0 Å². The van der Waals surface area contributed by atoms with Crippen molar-refractivity contribution in [3.05, 3.63) is 53.8 Å². The lowest BCUT2D eigenvalue weighted by Gasteiger charge is -2.35. The quantitative estimate of drug-likeness (QED) is 0.517. The molecule has 156 valence electrons. The summed E-state index contributed by atoms with van der Waals surface area (Å²) in [7, 11) is 0. The van der Waals surface area contributed by atoms with Crippen LogP contribution < -0.4 is 21.9 Å². The van der Waals surface area contributed by atoms with Gasteiger partial charge in [-0.05, 0) is 25.0 Å². The lowest BCUT2D eigenvalue weighted by atomic mass is 9.91. The van der Waals surface area contributed by atoms with E-state index < -0.39 is 11.7 Å². The van der Waals surface area contributed by atoms with E-state index in [1.54, 1.807) is 28.8 Å². The standard InChI is InChI=1S/C20H22FN7OS/c21-19-13(17-10-25-11-30-17)8-24-9-16(19)28(27-15-4-2-1-3-14(15)22)18-6-5-12(7-26-18)20(23)29/h5-11,14-15,27H,1-4,22H2,(H2,23,29). The zero-order chi connectivity index (χ0) is 21.1. The summed E-state index contributed by atoms with van der Waals surface area (Å²) < 4.78 is 15.6. The third kappa shape index (κ3) is 4.16. The minimum Gasteiger partial charge on any atom is -0.366 e. The first-order valence-corrected chi connectivity index (χ1v) is 10.5. The van der Waals surface area contributed by atoms with Crippen LogP contribution in [0.5, 0.6) is 0 Å². The number of thiazole rings is 1. The van der Waals surface area contributed by atoms with Crippen LogP contribution >= 0.6 is 11.3 Å². The third-order valence-electron chi connectivity index (χ3n) is 5.18. The molecule has 0 aliphatic heterocycles. The Morgan fingerprint density at radius 3 is 2.67 bits per heavy atom. The van der Waals surface area contributed by atoms with E-state index in [2.05, 4.69) is 20.4 Å². The van der Waals surface area contributed by atoms with Crippen molar-refractivity contribution in [1.29, 1.82) is 0 Å². The van der Waals surface area contributed by atoms with Gasteiger partial charge < -0.3 is 11.5 Å². The maximum atomic E-state index is 15.6. The van der Waals surface area contributed by atoms with Crippen LogP contribution in [-0.2, 0) is 0 Å². The summed E-state index contributed by atoms with van der Waals surface area (Å²) in [6, 6.07) is 3.05. The molecule has 4 rings (SSSR count). The molecule has 3 heterocycles. The van der Waals surface area contributed by atoms with E-state index in [1.807, 2.05) is 0 Å². The van der Waals surface area contributed by atoms with Crippen LogP contribution in [0.4, 0.5) is 15.9 Å². The molecule has 1 aliphatic rings. The van der Waals surface area contributed by atoms with Gasteiger partial charge in [0.2, 0.25) is 5.91 Å². The lowest BCUT2D eigenvalue weighted by Crippen LogP contribution is -2.53. The molecule has 0 bridgehead atoms. The number of hydrogen-bond donors (Lipinski definition) is 3. The third-order valence-corrected chi connectivity index (χ3v) is 5.98. The van der Waals surface area contributed by atoms with E-state index in [4.69, 9.17) is 11.5 Å². The SMILES string of the molecule is NC(=O)c1ccc(N(NC2CCCCC2N)c2cncc(-c3cncs3)c2F)nc1. The number of pyridine rings is 2. The Morgan fingerprint density at radius 1 is 1.17 bits per heavy atom. The number of carbonyl (C=O) groups is 1. The molecule has 5 N–H and O–H groups in total. The predicted octanol–water partition coefficient (Wildman–Crippen LogP) is 2.75. The summed E-state index contributed by atoms with van der Waals surface area (Å²) in [4.78, 5) is 24.7. The largest absolute Gasteiger partial charge is 0.366 e. The van der Waals surface area contributed by atoms with Crippen molar-refractivity contribution in [2.24, 2.45) is 11.5 Å². The van der Waals surface area contributed by atoms with E-state index >= 15 is 4.39 Å². The molecule has 10 heteroatoms. The van der Waals surface area contributed by atoms with E-state index in [-0.39, 0.29) is 23.3 Å². The first kappa shape index (κ1) is 20.3. The van der Waals surface area contributed by atoms with Crippen LogP contribution in [0.2, 0.25) is 0 Å². The maximum absolute atomic E-state index is 15.6. The molecule has 3 aromatic heterocycles. The molecular formula is C20H22FN7OS. The van der Waals surface area contributed by atoms with E-state index in [0.29, 0.717) is 16.3 Å². The zero-order valence-corrected chi connectivity index (χ0v) is 17.0. The molecule has 1 saturated carbocycles. The zero-order valence-electron chi connectivity index (χ0n) is 16.2. The van der Waals surface area contributed by atoms with Gasteiger partial charge in [-0.3, -0.25) is 19.8 Å². The van der Waals surface area contributed by atoms with Gasteiger partial charge in [0.05, 0.1) is 22.1 Å². The van der Waals surface area contributed by atoms with Crippen LogP contribution in [0.3, 0.4) is 0 Å². The number of aromatic nitrogens is 3. The predicted molar refractivity (Wildman–Crippen MR) is 114 cm³/mol. The maximum Gasteiger partial charge on any atom is 0.250 e.